The molecule has 0 aliphatic heterocycles. The number of anilines is 1. The Hall–Kier alpha value is -2.96. The molecule has 1 N–H and O–H groups in total. The lowest BCUT2D eigenvalue weighted by molar-refractivity contribution is 0.102. The number of amides is 1. The largest absolute Gasteiger partial charge is 0.472 e. The zero-order chi connectivity index (χ0) is 13.9. The fourth-order valence-corrected chi connectivity index (χ4v) is 1.75. The number of aryl methyl sites for hydroxylation is 1. The molecule has 3 rings (SSSR count). The van der Waals surface area contributed by atoms with E-state index in [0.29, 0.717) is 11.3 Å². The van der Waals surface area contributed by atoms with Crippen molar-refractivity contribution in [3.63, 3.8) is 0 Å². The van der Waals surface area contributed by atoms with Crippen molar-refractivity contribution in [3.8, 4) is 5.69 Å². The fraction of sp³-hybridized carbons (Fsp3) is 0.0769. The van der Waals surface area contributed by atoms with Crippen LogP contribution in [0, 0.1) is 6.92 Å². The average Bonchev–Trinajstić information content (AvgIpc) is 3.14. The summed E-state index contributed by atoms with van der Waals surface area (Å²) >= 11 is 0. The molecule has 0 atom stereocenters. The van der Waals surface area contributed by atoms with Crippen LogP contribution in [0.4, 0.5) is 5.69 Å². The van der Waals surface area contributed by atoms with E-state index in [1.807, 2.05) is 25.1 Å². The van der Waals surface area contributed by atoms with E-state index >= 15 is 0 Å². The number of nitrogens with one attached hydrogen (secondary N) is 1. The highest BCUT2D eigenvalue weighted by Crippen LogP contribution is 2.19. The van der Waals surface area contributed by atoms with Crippen molar-refractivity contribution < 1.29 is 9.21 Å². The number of hydrogen-bond acceptors (Lipinski definition) is 5. The van der Waals surface area contributed by atoms with Crippen LogP contribution in [0.15, 0.2) is 47.5 Å². The van der Waals surface area contributed by atoms with Crippen LogP contribution in [-0.4, -0.2) is 26.1 Å². The van der Waals surface area contributed by atoms with Gasteiger partial charge in [-0.1, -0.05) is 6.07 Å². The lowest BCUT2D eigenvalue weighted by atomic mass is 10.1. The third kappa shape index (κ3) is 2.28. The quantitative estimate of drug-likeness (QED) is 0.783. The van der Waals surface area contributed by atoms with Gasteiger partial charge < -0.3 is 9.73 Å². The molecule has 0 saturated carbocycles. The molecule has 2 heterocycles. The minimum absolute atomic E-state index is 0.226. The van der Waals surface area contributed by atoms with Gasteiger partial charge in [-0.05, 0) is 41.1 Å². The maximum Gasteiger partial charge on any atom is 0.258 e. The second-order valence-electron chi connectivity index (χ2n) is 4.22. The molecule has 0 aliphatic rings. The minimum Gasteiger partial charge on any atom is -0.472 e. The first kappa shape index (κ1) is 12.1. The summed E-state index contributed by atoms with van der Waals surface area (Å²) < 4.78 is 6.42. The van der Waals surface area contributed by atoms with Crippen molar-refractivity contribution in [1.29, 1.82) is 0 Å². The van der Waals surface area contributed by atoms with E-state index in [-0.39, 0.29) is 5.91 Å². The first-order chi connectivity index (χ1) is 9.74. The van der Waals surface area contributed by atoms with Crippen LogP contribution in [0.5, 0.6) is 0 Å². The van der Waals surface area contributed by atoms with Crippen LogP contribution in [0.2, 0.25) is 0 Å². The second kappa shape index (κ2) is 4.96. The van der Waals surface area contributed by atoms with Crippen LogP contribution in [0.25, 0.3) is 5.69 Å². The van der Waals surface area contributed by atoms with Gasteiger partial charge in [0.15, 0.2) is 0 Å². The molecule has 0 unspecified atom stereocenters. The van der Waals surface area contributed by atoms with Crippen molar-refractivity contribution in [2.75, 3.05) is 5.32 Å². The van der Waals surface area contributed by atoms with Crippen molar-refractivity contribution >= 4 is 11.6 Å². The predicted octanol–water partition coefficient (Wildman–Crippen LogP) is 1.82. The van der Waals surface area contributed by atoms with Crippen LogP contribution >= 0.6 is 0 Å². The van der Waals surface area contributed by atoms with Crippen molar-refractivity contribution in [3.05, 3.63) is 54.2 Å². The second-order valence-corrected chi connectivity index (χ2v) is 4.22. The smallest absolute Gasteiger partial charge is 0.258 e. The first-order valence-corrected chi connectivity index (χ1v) is 5.91. The maximum atomic E-state index is 12.0. The normalized spacial score (nSPS) is 10.4. The number of nitrogens with zero attached hydrogens (tertiary/aromatic N) is 4. The first-order valence-electron chi connectivity index (χ1n) is 5.91. The minimum atomic E-state index is -0.226. The highest BCUT2D eigenvalue weighted by atomic mass is 16.3. The SMILES string of the molecule is Cc1ccc(-n2cnnn2)cc1NC(=O)c1ccoc1. The molecular formula is C13H11N5O2. The summed E-state index contributed by atoms with van der Waals surface area (Å²) in [6.07, 6.45) is 4.35. The number of rotatable bonds is 3. The Balaban J connectivity index is 1.89. The molecule has 100 valence electrons. The molecular weight excluding hydrogens is 258 g/mol. The Bertz CT molecular complexity index is 719. The van der Waals surface area contributed by atoms with E-state index in [1.165, 1.54) is 23.5 Å². The highest BCUT2D eigenvalue weighted by Gasteiger charge is 2.10. The molecule has 0 radical (unpaired) electrons. The summed E-state index contributed by atoms with van der Waals surface area (Å²) in [7, 11) is 0. The van der Waals surface area contributed by atoms with Crippen molar-refractivity contribution in [2.24, 2.45) is 0 Å². The van der Waals surface area contributed by atoms with Gasteiger partial charge in [-0.25, -0.2) is 4.68 Å². The standard InChI is InChI=1S/C13H11N5O2/c1-9-2-3-11(18-8-14-16-17-18)6-12(9)15-13(19)10-4-5-20-7-10/h2-8H,1H3,(H,15,19). The molecule has 20 heavy (non-hydrogen) atoms. The monoisotopic (exact) mass is 269 g/mol. The summed E-state index contributed by atoms with van der Waals surface area (Å²) in [4.78, 5) is 12.0. The van der Waals surface area contributed by atoms with Crippen molar-refractivity contribution in [2.45, 2.75) is 6.92 Å². The third-order valence-electron chi connectivity index (χ3n) is 2.87. The van der Waals surface area contributed by atoms with Gasteiger partial charge in [-0.3, -0.25) is 4.79 Å². The number of benzene rings is 1. The highest BCUT2D eigenvalue weighted by molar-refractivity contribution is 6.04. The van der Waals surface area contributed by atoms with Crippen LogP contribution in [0.3, 0.4) is 0 Å². The molecule has 0 aliphatic carbocycles. The summed E-state index contributed by atoms with van der Waals surface area (Å²) in [5.41, 5.74) is 2.88. The van der Waals surface area contributed by atoms with Gasteiger partial charge in [-0.15, -0.1) is 5.10 Å². The Morgan fingerprint density at radius 1 is 1.35 bits per heavy atom. The molecule has 3 aromatic rings. The van der Waals surface area contributed by atoms with Crippen LogP contribution < -0.4 is 5.32 Å². The van der Waals surface area contributed by atoms with Crippen LogP contribution in [-0.2, 0) is 0 Å². The summed E-state index contributed by atoms with van der Waals surface area (Å²) in [6.45, 7) is 1.91. The number of aromatic nitrogens is 4. The van der Waals surface area contributed by atoms with E-state index in [2.05, 4.69) is 20.8 Å². The Morgan fingerprint density at radius 3 is 2.95 bits per heavy atom. The molecule has 7 heteroatoms. The number of carbonyl (C=O) groups excluding carboxylic acids is 1. The van der Waals surface area contributed by atoms with Crippen molar-refractivity contribution in [1.82, 2.24) is 20.2 Å². The average molecular weight is 269 g/mol. The summed E-state index contributed by atoms with van der Waals surface area (Å²) in [5.74, 6) is -0.226. The summed E-state index contributed by atoms with van der Waals surface area (Å²) in [5, 5.41) is 13.8. The van der Waals surface area contributed by atoms with Gasteiger partial charge in [-0.2, -0.15) is 0 Å². The number of hydrogen-bond donors (Lipinski definition) is 1. The third-order valence-corrected chi connectivity index (χ3v) is 2.87. The van der Waals surface area contributed by atoms with E-state index in [1.54, 1.807) is 6.07 Å². The number of tetrazole rings is 1. The number of carbonyl (C=O) groups is 1. The molecule has 7 nitrogen and oxygen atoms in total. The van der Waals surface area contributed by atoms with Crippen LogP contribution in [0.1, 0.15) is 15.9 Å². The van der Waals surface area contributed by atoms with Gasteiger partial charge in [0.05, 0.1) is 17.5 Å². The maximum absolute atomic E-state index is 12.0. The summed E-state index contributed by atoms with van der Waals surface area (Å²) in [6, 6.07) is 7.18. The Labute approximate surface area is 114 Å². The Morgan fingerprint density at radius 2 is 2.25 bits per heavy atom. The molecule has 0 spiro atoms. The van der Waals surface area contributed by atoms with E-state index in [4.69, 9.17) is 4.42 Å². The van der Waals surface area contributed by atoms with Gasteiger partial charge >= 0.3 is 0 Å². The van der Waals surface area contributed by atoms with E-state index < -0.39 is 0 Å². The number of furan rings is 1. The molecule has 0 fully saturated rings. The molecule has 1 aromatic carbocycles. The zero-order valence-corrected chi connectivity index (χ0v) is 10.6. The van der Waals surface area contributed by atoms with Gasteiger partial charge in [0.25, 0.3) is 5.91 Å². The van der Waals surface area contributed by atoms with E-state index in [9.17, 15) is 4.79 Å². The lowest BCUT2D eigenvalue weighted by Gasteiger charge is -2.09. The zero-order valence-electron chi connectivity index (χ0n) is 10.6. The van der Waals surface area contributed by atoms with Gasteiger partial charge in [0.2, 0.25) is 0 Å². The Kier molecular flexibility index (Phi) is 3.00. The predicted molar refractivity (Wildman–Crippen MR) is 70.6 cm³/mol. The lowest BCUT2D eigenvalue weighted by Crippen LogP contribution is -2.12. The van der Waals surface area contributed by atoms with Gasteiger partial charge in [0, 0.05) is 5.69 Å². The molecule has 0 saturated heterocycles. The van der Waals surface area contributed by atoms with Gasteiger partial charge in [0.1, 0.15) is 12.6 Å². The fourth-order valence-electron chi connectivity index (χ4n) is 1.75. The molecule has 1 amide bonds. The van der Waals surface area contributed by atoms with E-state index in [0.717, 1.165) is 11.3 Å². The molecule has 2 aromatic heterocycles. The topological polar surface area (TPSA) is 85.8 Å². The molecule has 0 bridgehead atoms.